The molecule has 2 N–H and O–H groups in total. The summed E-state index contributed by atoms with van der Waals surface area (Å²) in [6.07, 6.45) is 0.119. The monoisotopic (exact) mass is 471 g/mol. The van der Waals surface area contributed by atoms with Gasteiger partial charge in [0.15, 0.2) is 6.61 Å². The SMILES string of the molecule is CC1CC(=O)Nc2ccccc2N1C(=O)COC(=O)CNC(=O)c1ccc(-c2ccccc2)cc1. The van der Waals surface area contributed by atoms with E-state index in [1.54, 1.807) is 43.3 Å². The molecule has 1 aliphatic rings. The average Bonchev–Trinajstić information content (AvgIpc) is 3.00. The van der Waals surface area contributed by atoms with Crippen LogP contribution < -0.4 is 15.5 Å². The Balaban J connectivity index is 1.30. The predicted octanol–water partition coefficient (Wildman–Crippen LogP) is 3.39. The number of ether oxygens (including phenoxy) is 1. The van der Waals surface area contributed by atoms with E-state index in [0.29, 0.717) is 16.9 Å². The Morgan fingerprint density at radius 3 is 2.34 bits per heavy atom. The summed E-state index contributed by atoms with van der Waals surface area (Å²) in [6.45, 7) is 0.872. The van der Waals surface area contributed by atoms with Gasteiger partial charge in [-0.2, -0.15) is 0 Å². The van der Waals surface area contributed by atoms with E-state index in [1.807, 2.05) is 42.5 Å². The van der Waals surface area contributed by atoms with Gasteiger partial charge in [-0.05, 0) is 42.3 Å². The van der Waals surface area contributed by atoms with Gasteiger partial charge >= 0.3 is 5.97 Å². The molecule has 1 aliphatic heterocycles. The van der Waals surface area contributed by atoms with Crippen LogP contribution in [0.15, 0.2) is 78.9 Å². The number of nitrogens with one attached hydrogen (secondary N) is 2. The van der Waals surface area contributed by atoms with Crippen LogP contribution in [0, 0.1) is 0 Å². The second-order valence-corrected chi connectivity index (χ2v) is 8.17. The Morgan fingerprint density at radius 2 is 1.60 bits per heavy atom. The fraction of sp³-hybridized carbons (Fsp3) is 0.185. The van der Waals surface area contributed by atoms with Gasteiger partial charge in [-0.25, -0.2) is 0 Å². The van der Waals surface area contributed by atoms with Gasteiger partial charge in [-0.3, -0.25) is 19.2 Å². The van der Waals surface area contributed by atoms with E-state index in [0.717, 1.165) is 11.1 Å². The summed E-state index contributed by atoms with van der Waals surface area (Å²) in [5.41, 5.74) is 3.47. The van der Waals surface area contributed by atoms with Crippen LogP contribution in [-0.4, -0.2) is 42.9 Å². The molecule has 3 aromatic rings. The molecule has 178 valence electrons. The molecular formula is C27H25N3O5. The highest BCUT2D eigenvalue weighted by Gasteiger charge is 2.30. The van der Waals surface area contributed by atoms with Crippen molar-refractivity contribution in [1.29, 1.82) is 0 Å². The lowest BCUT2D eigenvalue weighted by atomic mass is 10.0. The Kier molecular flexibility index (Phi) is 7.21. The first-order valence-electron chi connectivity index (χ1n) is 11.2. The molecule has 8 nitrogen and oxygen atoms in total. The van der Waals surface area contributed by atoms with Crippen molar-refractivity contribution in [1.82, 2.24) is 5.32 Å². The van der Waals surface area contributed by atoms with Crippen LogP contribution in [0.2, 0.25) is 0 Å². The smallest absolute Gasteiger partial charge is 0.325 e. The van der Waals surface area contributed by atoms with Gasteiger partial charge in [0, 0.05) is 18.0 Å². The zero-order valence-corrected chi connectivity index (χ0v) is 19.2. The zero-order chi connectivity index (χ0) is 24.8. The molecular weight excluding hydrogens is 446 g/mol. The van der Waals surface area contributed by atoms with Crippen molar-refractivity contribution in [3.05, 3.63) is 84.4 Å². The normalized spacial score (nSPS) is 14.8. The highest BCUT2D eigenvalue weighted by Crippen LogP contribution is 2.31. The minimum absolute atomic E-state index is 0.119. The van der Waals surface area contributed by atoms with Crippen LogP contribution in [0.4, 0.5) is 11.4 Å². The van der Waals surface area contributed by atoms with Gasteiger partial charge in [0.2, 0.25) is 5.91 Å². The number of para-hydroxylation sites is 2. The third kappa shape index (κ3) is 5.73. The second-order valence-electron chi connectivity index (χ2n) is 8.17. The molecule has 1 atom stereocenters. The van der Waals surface area contributed by atoms with Gasteiger partial charge in [0.1, 0.15) is 6.54 Å². The quantitative estimate of drug-likeness (QED) is 0.537. The third-order valence-electron chi connectivity index (χ3n) is 5.63. The van der Waals surface area contributed by atoms with E-state index in [2.05, 4.69) is 10.6 Å². The summed E-state index contributed by atoms with van der Waals surface area (Å²) in [5, 5.41) is 5.28. The maximum absolute atomic E-state index is 12.9. The first-order valence-corrected chi connectivity index (χ1v) is 11.2. The van der Waals surface area contributed by atoms with Crippen molar-refractivity contribution in [2.75, 3.05) is 23.4 Å². The molecule has 0 aliphatic carbocycles. The van der Waals surface area contributed by atoms with Gasteiger partial charge in [0.05, 0.1) is 11.4 Å². The summed E-state index contributed by atoms with van der Waals surface area (Å²) >= 11 is 0. The number of nitrogens with zero attached hydrogens (tertiary/aromatic N) is 1. The minimum atomic E-state index is -0.738. The zero-order valence-electron chi connectivity index (χ0n) is 19.2. The molecule has 0 bridgehead atoms. The molecule has 0 saturated heterocycles. The van der Waals surface area contributed by atoms with Crippen molar-refractivity contribution >= 4 is 35.1 Å². The topological polar surface area (TPSA) is 105 Å². The van der Waals surface area contributed by atoms with E-state index in [4.69, 9.17) is 4.74 Å². The van der Waals surface area contributed by atoms with Crippen LogP contribution in [0.25, 0.3) is 11.1 Å². The van der Waals surface area contributed by atoms with Gasteiger partial charge in [-0.1, -0.05) is 54.6 Å². The van der Waals surface area contributed by atoms with Crippen molar-refractivity contribution in [3.8, 4) is 11.1 Å². The summed E-state index contributed by atoms with van der Waals surface area (Å²) in [6, 6.07) is 23.3. The van der Waals surface area contributed by atoms with Gasteiger partial charge < -0.3 is 20.3 Å². The number of fused-ring (bicyclic) bond motifs is 1. The van der Waals surface area contributed by atoms with Crippen LogP contribution in [0.3, 0.4) is 0 Å². The lowest BCUT2D eigenvalue weighted by Gasteiger charge is -2.27. The molecule has 0 aromatic heterocycles. The number of anilines is 2. The summed E-state index contributed by atoms with van der Waals surface area (Å²) < 4.78 is 5.10. The first-order chi connectivity index (χ1) is 16.9. The second kappa shape index (κ2) is 10.6. The number of hydrogen-bond donors (Lipinski definition) is 2. The van der Waals surface area contributed by atoms with E-state index < -0.39 is 30.4 Å². The number of rotatable bonds is 6. The molecule has 0 fully saturated rings. The first kappa shape index (κ1) is 23.7. The molecule has 0 spiro atoms. The van der Waals surface area contributed by atoms with Gasteiger partial charge in [0.25, 0.3) is 11.8 Å². The average molecular weight is 472 g/mol. The van der Waals surface area contributed by atoms with E-state index in [1.165, 1.54) is 4.90 Å². The predicted molar refractivity (Wildman–Crippen MR) is 132 cm³/mol. The van der Waals surface area contributed by atoms with Crippen LogP contribution in [0.1, 0.15) is 23.7 Å². The molecule has 1 heterocycles. The van der Waals surface area contributed by atoms with Crippen LogP contribution in [-0.2, 0) is 19.1 Å². The maximum Gasteiger partial charge on any atom is 0.325 e. The maximum atomic E-state index is 12.9. The Morgan fingerprint density at radius 1 is 0.943 bits per heavy atom. The number of esters is 1. The largest absolute Gasteiger partial charge is 0.454 e. The molecule has 1 unspecified atom stereocenters. The number of carbonyl (C=O) groups excluding carboxylic acids is 4. The molecule has 8 heteroatoms. The summed E-state index contributed by atoms with van der Waals surface area (Å²) in [5.74, 6) is -1.82. The van der Waals surface area contributed by atoms with Crippen LogP contribution in [0.5, 0.6) is 0 Å². The lowest BCUT2D eigenvalue weighted by molar-refractivity contribution is -0.146. The highest BCUT2D eigenvalue weighted by molar-refractivity contribution is 6.05. The van der Waals surface area contributed by atoms with Crippen molar-refractivity contribution < 1.29 is 23.9 Å². The van der Waals surface area contributed by atoms with Crippen molar-refractivity contribution in [3.63, 3.8) is 0 Å². The molecule has 0 saturated carbocycles. The van der Waals surface area contributed by atoms with Crippen molar-refractivity contribution in [2.45, 2.75) is 19.4 Å². The highest BCUT2D eigenvalue weighted by atomic mass is 16.5. The molecule has 4 rings (SSSR count). The van der Waals surface area contributed by atoms with Crippen molar-refractivity contribution in [2.24, 2.45) is 0 Å². The summed E-state index contributed by atoms with van der Waals surface area (Å²) in [4.78, 5) is 51.0. The molecule has 3 aromatic carbocycles. The molecule has 0 radical (unpaired) electrons. The van der Waals surface area contributed by atoms with Crippen LogP contribution >= 0.6 is 0 Å². The third-order valence-corrected chi connectivity index (χ3v) is 5.63. The number of amides is 3. The van der Waals surface area contributed by atoms with E-state index in [-0.39, 0.29) is 18.9 Å². The molecule has 3 amide bonds. The molecule has 35 heavy (non-hydrogen) atoms. The van der Waals surface area contributed by atoms with E-state index >= 15 is 0 Å². The minimum Gasteiger partial charge on any atom is -0.454 e. The van der Waals surface area contributed by atoms with Gasteiger partial charge in [-0.15, -0.1) is 0 Å². The fourth-order valence-electron chi connectivity index (χ4n) is 3.93. The number of benzene rings is 3. The summed E-state index contributed by atoms with van der Waals surface area (Å²) in [7, 11) is 0. The lowest BCUT2D eigenvalue weighted by Crippen LogP contribution is -2.42. The van der Waals surface area contributed by atoms with E-state index in [9.17, 15) is 19.2 Å². The fourth-order valence-corrected chi connectivity index (χ4v) is 3.93. The Bertz CT molecular complexity index is 1240. The number of carbonyl (C=O) groups is 4. The standard InChI is InChI=1S/C27H25N3O5/c1-18-15-24(31)29-22-9-5-6-10-23(22)30(18)25(32)17-35-26(33)16-28-27(34)21-13-11-20(12-14-21)19-7-3-2-4-8-19/h2-14,18H,15-17H2,1H3,(H,28,34)(H,29,31). The number of hydrogen-bond acceptors (Lipinski definition) is 5. The Hall–Kier alpha value is -4.46. The Labute approximate surface area is 202 Å².